The van der Waals surface area contributed by atoms with Crippen molar-refractivity contribution in [1.82, 2.24) is 4.90 Å². The summed E-state index contributed by atoms with van der Waals surface area (Å²) in [6, 6.07) is 6.32. The van der Waals surface area contributed by atoms with Gasteiger partial charge in [0.15, 0.2) is 0 Å². The molecule has 106 valence electrons. The SMILES string of the molecule is CC12CCC(=O)N1C(C(=O)Oc1ccccc1Cl)CS2. The second-order valence-electron chi connectivity index (χ2n) is 5.12. The number of rotatable bonds is 2. The Hall–Kier alpha value is -1.20. The number of carbonyl (C=O) groups is 2. The van der Waals surface area contributed by atoms with Crippen LogP contribution in [0.4, 0.5) is 0 Å². The molecule has 1 aromatic carbocycles. The molecule has 0 radical (unpaired) electrons. The van der Waals surface area contributed by atoms with E-state index in [0.29, 0.717) is 22.9 Å². The zero-order valence-corrected chi connectivity index (χ0v) is 12.5. The molecule has 0 spiro atoms. The van der Waals surface area contributed by atoms with Crippen LogP contribution in [0.3, 0.4) is 0 Å². The molecule has 20 heavy (non-hydrogen) atoms. The first-order chi connectivity index (χ1) is 9.51. The van der Waals surface area contributed by atoms with Crippen molar-refractivity contribution in [2.75, 3.05) is 5.75 Å². The number of esters is 1. The number of benzene rings is 1. The predicted molar refractivity (Wildman–Crippen MR) is 77.8 cm³/mol. The highest BCUT2D eigenvalue weighted by atomic mass is 35.5. The van der Waals surface area contributed by atoms with Crippen molar-refractivity contribution in [2.24, 2.45) is 0 Å². The number of carbonyl (C=O) groups excluding carboxylic acids is 2. The second-order valence-corrected chi connectivity index (χ2v) is 7.03. The third kappa shape index (κ3) is 2.19. The topological polar surface area (TPSA) is 46.6 Å². The van der Waals surface area contributed by atoms with Crippen LogP contribution in [0.5, 0.6) is 5.75 Å². The molecular weight excluding hydrogens is 298 g/mol. The van der Waals surface area contributed by atoms with Gasteiger partial charge in [0.1, 0.15) is 11.8 Å². The molecule has 1 amide bonds. The summed E-state index contributed by atoms with van der Waals surface area (Å²) in [5.74, 6) is 0.526. The third-order valence-corrected chi connectivity index (χ3v) is 5.58. The average Bonchev–Trinajstić information content (AvgIpc) is 2.90. The minimum Gasteiger partial charge on any atom is -0.423 e. The number of nitrogens with zero attached hydrogens (tertiary/aromatic N) is 1. The lowest BCUT2D eigenvalue weighted by Crippen LogP contribution is -2.47. The smallest absolute Gasteiger partial charge is 0.335 e. The molecule has 2 unspecified atom stereocenters. The minimum absolute atomic E-state index is 0.0265. The molecule has 3 rings (SSSR count). The van der Waals surface area contributed by atoms with Crippen LogP contribution in [0, 0.1) is 0 Å². The largest absolute Gasteiger partial charge is 0.423 e. The van der Waals surface area contributed by atoms with Gasteiger partial charge in [0.2, 0.25) is 5.91 Å². The van der Waals surface area contributed by atoms with Gasteiger partial charge in [-0.05, 0) is 25.5 Å². The van der Waals surface area contributed by atoms with Gasteiger partial charge in [-0.25, -0.2) is 4.79 Å². The summed E-state index contributed by atoms with van der Waals surface area (Å²) in [5, 5.41) is 0.391. The van der Waals surface area contributed by atoms with Crippen molar-refractivity contribution in [3.8, 4) is 5.75 Å². The Morgan fingerprint density at radius 3 is 3.00 bits per heavy atom. The lowest BCUT2D eigenvalue weighted by Gasteiger charge is -2.29. The van der Waals surface area contributed by atoms with Crippen LogP contribution < -0.4 is 4.74 Å². The molecule has 0 aliphatic carbocycles. The van der Waals surface area contributed by atoms with Crippen LogP contribution >= 0.6 is 23.4 Å². The Labute approximate surface area is 126 Å². The van der Waals surface area contributed by atoms with Gasteiger partial charge in [0.25, 0.3) is 0 Å². The fraction of sp³-hybridized carbons (Fsp3) is 0.429. The van der Waals surface area contributed by atoms with Crippen LogP contribution in [0.2, 0.25) is 5.02 Å². The summed E-state index contributed by atoms with van der Waals surface area (Å²) in [7, 11) is 0. The molecule has 6 heteroatoms. The number of thioether (sulfide) groups is 1. The molecule has 2 aliphatic rings. The van der Waals surface area contributed by atoms with Crippen molar-refractivity contribution in [2.45, 2.75) is 30.7 Å². The summed E-state index contributed by atoms with van der Waals surface area (Å²) < 4.78 is 5.35. The van der Waals surface area contributed by atoms with Gasteiger partial charge in [0.05, 0.1) is 9.89 Å². The fourth-order valence-corrected chi connectivity index (χ4v) is 4.29. The molecule has 0 saturated carbocycles. The van der Waals surface area contributed by atoms with Gasteiger partial charge in [-0.1, -0.05) is 23.7 Å². The van der Waals surface area contributed by atoms with Crippen molar-refractivity contribution >= 4 is 35.2 Å². The summed E-state index contributed by atoms with van der Waals surface area (Å²) in [4.78, 5) is 25.7. The Balaban J connectivity index is 1.79. The predicted octanol–water partition coefficient (Wildman–Crippen LogP) is 2.70. The summed E-state index contributed by atoms with van der Waals surface area (Å²) >= 11 is 7.62. The van der Waals surface area contributed by atoms with Gasteiger partial charge in [0, 0.05) is 12.2 Å². The summed E-state index contributed by atoms with van der Waals surface area (Å²) in [6.45, 7) is 2.01. The maximum atomic E-state index is 12.3. The first kappa shape index (κ1) is 13.8. The van der Waals surface area contributed by atoms with Gasteiger partial charge in [-0.3, -0.25) is 4.79 Å². The van der Waals surface area contributed by atoms with Crippen molar-refractivity contribution in [3.05, 3.63) is 29.3 Å². The van der Waals surface area contributed by atoms with E-state index in [0.717, 1.165) is 6.42 Å². The molecule has 0 bridgehead atoms. The number of ether oxygens (including phenoxy) is 1. The van der Waals surface area contributed by atoms with E-state index in [-0.39, 0.29) is 10.8 Å². The van der Waals surface area contributed by atoms with Crippen molar-refractivity contribution in [1.29, 1.82) is 0 Å². The molecule has 2 heterocycles. The molecule has 2 atom stereocenters. The monoisotopic (exact) mass is 311 g/mol. The Morgan fingerprint density at radius 2 is 2.25 bits per heavy atom. The molecule has 0 aromatic heterocycles. The number of fused-ring (bicyclic) bond motifs is 1. The maximum absolute atomic E-state index is 12.3. The van der Waals surface area contributed by atoms with E-state index in [1.54, 1.807) is 40.9 Å². The molecule has 2 saturated heterocycles. The van der Waals surface area contributed by atoms with Gasteiger partial charge in [-0.15, -0.1) is 11.8 Å². The van der Waals surface area contributed by atoms with E-state index < -0.39 is 12.0 Å². The van der Waals surface area contributed by atoms with Crippen LogP contribution in [0.1, 0.15) is 19.8 Å². The Morgan fingerprint density at radius 1 is 1.50 bits per heavy atom. The van der Waals surface area contributed by atoms with Gasteiger partial charge in [-0.2, -0.15) is 0 Å². The number of hydrogen-bond acceptors (Lipinski definition) is 4. The van der Waals surface area contributed by atoms with Gasteiger partial charge >= 0.3 is 5.97 Å². The summed E-state index contributed by atoms with van der Waals surface area (Å²) in [5.41, 5.74) is 0. The van der Waals surface area contributed by atoms with Crippen molar-refractivity contribution < 1.29 is 14.3 Å². The van der Waals surface area contributed by atoms with Crippen LogP contribution in [-0.2, 0) is 9.59 Å². The highest BCUT2D eigenvalue weighted by Crippen LogP contribution is 2.47. The molecule has 4 nitrogen and oxygen atoms in total. The normalized spacial score (nSPS) is 28.6. The quantitative estimate of drug-likeness (QED) is 0.622. The first-order valence-electron chi connectivity index (χ1n) is 6.44. The van der Waals surface area contributed by atoms with Crippen LogP contribution in [-0.4, -0.2) is 33.4 Å². The number of para-hydroxylation sites is 1. The van der Waals surface area contributed by atoms with E-state index in [4.69, 9.17) is 16.3 Å². The fourth-order valence-electron chi connectivity index (χ4n) is 2.70. The standard InChI is InChI=1S/C14H14ClNO3S/c1-14-7-6-12(17)16(14)10(8-20-14)13(18)19-11-5-3-2-4-9(11)15/h2-5,10H,6-8H2,1H3. The van der Waals surface area contributed by atoms with E-state index in [1.165, 1.54) is 0 Å². The summed E-state index contributed by atoms with van der Waals surface area (Å²) in [6.07, 6.45) is 1.28. The average molecular weight is 312 g/mol. The van der Waals surface area contributed by atoms with E-state index in [1.807, 2.05) is 6.92 Å². The molecular formula is C14H14ClNO3S. The highest BCUT2D eigenvalue weighted by Gasteiger charge is 2.53. The first-order valence-corrected chi connectivity index (χ1v) is 7.80. The van der Waals surface area contributed by atoms with Crippen molar-refractivity contribution in [3.63, 3.8) is 0 Å². The second kappa shape index (κ2) is 4.97. The zero-order chi connectivity index (χ0) is 14.3. The van der Waals surface area contributed by atoms with E-state index >= 15 is 0 Å². The van der Waals surface area contributed by atoms with Gasteiger partial charge < -0.3 is 9.64 Å². The lowest BCUT2D eigenvalue weighted by atomic mass is 10.2. The Bertz CT molecular complexity index is 579. The number of amides is 1. The maximum Gasteiger partial charge on any atom is 0.335 e. The number of halogens is 1. The number of hydrogen-bond donors (Lipinski definition) is 0. The molecule has 2 fully saturated rings. The van der Waals surface area contributed by atoms with Crippen LogP contribution in [0.15, 0.2) is 24.3 Å². The zero-order valence-electron chi connectivity index (χ0n) is 11.0. The van der Waals surface area contributed by atoms with E-state index in [2.05, 4.69) is 0 Å². The third-order valence-electron chi connectivity index (χ3n) is 3.76. The molecule has 1 aromatic rings. The lowest BCUT2D eigenvalue weighted by molar-refractivity contribution is -0.146. The minimum atomic E-state index is -0.517. The molecule has 2 aliphatic heterocycles. The van der Waals surface area contributed by atoms with E-state index in [9.17, 15) is 9.59 Å². The van der Waals surface area contributed by atoms with Crippen LogP contribution in [0.25, 0.3) is 0 Å². The molecule has 0 N–H and O–H groups in total. The highest BCUT2D eigenvalue weighted by molar-refractivity contribution is 8.01. The Kier molecular flexibility index (Phi) is 3.42.